The van der Waals surface area contributed by atoms with Crippen LogP contribution in [-0.2, 0) is 4.79 Å². The van der Waals surface area contributed by atoms with Gasteiger partial charge in [-0.05, 0) is 36.5 Å². The summed E-state index contributed by atoms with van der Waals surface area (Å²) >= 11 is 0. The number of allylic oxidation sites excluding steroid dienone is 1. The van der Waals surface area contributed by atoms with Crippen molar-refractivity contribution in [3.05, 3.63) is 54.4 Å². The number of H-pyrrole nitrogens is 1. The highest BCUT2D eigenvalue weighted by Gasteiger charge is 2.19. The molecule has 128 valence electrons. The van der Waals surface area contributed by atoms with Crippen molar-refractivity contribution >= 4 is 18.2 Å². The van der Waals surface area contributed by atoms with Gasteiger partial charge in [-0.25, -0.2) is 0 Å². The van der Waals surface area contributed by atoms with E-state index in [-0.39, 0.29) is 5.91 Å². The van der Waals surface area contributed by atoms with Gasteiger partial charge in [0.1, 0.15) is 0 Å². The van der Waals surface area contributed by atoms with E-state index in [1.54, 1.807) is 37.1 Å². The maximum Gasteiger partial charge on any atom is 0.248 e. The number of pyridine rings is 1. The molecule has 4 N–H and O–H groups in total. The van der Waals surface area contributed by atoms with Gasteiger partial charge in [0.2, 0.25) is 5.91 Å². The van der Waals surface area contributed by atoms with Crippen LogP contribution < -0.4 is 10.6 Å². The van der Waals surface area contributed by atoms with Crippen LogP contribution >= 0.6 is 0 Å². The van der Waals surface area contributed by atoms with Crippen LogP contribution in [0.15, 0.2) is 48.8 Å². The molecule has 1 aliphatic carbocycles. The van der Waals surface area contributed by atoms with Gasteiger partial charge < -0.3 is 16.0 Å². The van der Waals surface area contributed by atoms with E-state index in [1.807, 2.05) is 6.07 Å². The van der Waals surface area contributed by atoms with Gasteiger partial charge in [-0.15, -0.1) is 0 Å². The van der Waals surface area contributed by atoms with Crippen LogP contribution in [0.5, 0.6) is 0 Å². The van der Waals surface area contributed by atoms with Crippen LogP contribution in [0.3, 0.4) is 0 Å². The first kappa shape index (κ1) is 16.6. The third-order valence-electron chi connectivity index (χ3n) is 3.86. The van der Waals surface area contributed by atoms with E-state index >= 15 is 0 Å². The van der Waals surface area contributed by atoms with Gasteiger partial charge >= 0.3 is 0 Å². The van der Waals surface area contributed by atoms with Crippen LogP contribution in [0.2, 0.25) is 0 Å². The fraction of sp³-hybridized carbons (Fsp3) is 0.222. The van der Waals surface area contributed by atoms with Gasteiger partial charge in [-0.2, -0.15) is 5.10 Å². The molecule has 1 amide bonds. The average Bonchev–Trinajstić information content (AvgIpc) is 3.30. The molecule has 1 fully saturated rings. The second-order valence-corrected chi connectivity index (χ2v) is 5.87. The van der Waals surface area contributed by atoms with Gasteiger partial charge in [0.25, 0.3) is 0 Å². The Balaban J connectivity index is 1.63. The number of amides is 1. The molecule has 7 heteroatoms. The number of nitrogens with one attached hydrogen (secondary N) is 4. The first-order chi connectivity index (χ1) is 12.3. The van der Waals surface area contributed by atoms with Gasteiger partial charge in [0.15, 0.2) is 0 Å². The summed E-state index contributed by atoms with van der Waals surface area (Å²) in [6.45, 7) is 0.882. The van der Waals surface area contributed by atoms with Crippen molar-refractivity contribution in [2.75, 3.05) is 6.54 Å². The van der Waals surface area contributed by atoms with E-state index in [4.69, 9.17) is 5.41 Å². The van der Waals surface area contributed by atoms with Crippen molar-refractivity contribution in [2.24, 2.45) is 5.92 Å². The molecule has 2 aromatic rings. The van der Waals surface area contributed by atoms with E-state index in [0.29, 0.717) is 5.70 Å². The molecule has 0 aromatic carbocycles. The second kappa shape index (κ2) is 8.05. The Hall–Kier alpha value is -3.22. The molecule has 0 spiro atoms. The smallest absolute Gasteiger partial charge is 0.248 e. The number of aromatic nitrogens is 3. The highest BCUT2D eigenvalue weighted by Crippen LogP contribution is 2.27. The van der Waals surface area contributed by atoms with Gasteiger partial charge in [-0.1, -0.05) is 0 Å². The van der Waals surface area contributed by atoms with Crippen molar-refractivity contribution in [1.82, 2.24) is 25.8 Å². The Morgan fingerprint density at radius 1 is 1.40 bits per heavy atom. The van der Waals surface area contributed by atoms with Gasteiger partial charge in [-0.3, -0.25) is 14.9 Å². The number of aromatic amines is 1. The lowest BCUT2D eigenvalue weighted by Crippen LogP contribution is -2.23. The summed E-state index contributed by atoms with van der Waals surface area (Å²) < 4.78 is 0. The Bertz CT molecular complexity index is 790. The van der Waals surface area contributed by atoms with Gasteiger partial charge in [0, 0.05) is 54.8 Å². The molecule has 7 nitrogen and oxygen atoms in total. The molecule has 25 heavy (non-hydrogen) atoms. The van der Waals surface area contributed by atoms with Crippen molar-refractivity contribution in [2.45, 2.75) is 12.8 Å². The van der Waals surface area contributed by atoms with Crippen molar-refractivity contribution in [1.29, 1.82) is 5.41 Å². The Labute approximate surface area is 145 Å². The van der Waals surface area contributed by atoms with Crippen LogP contribution in [0, 0.1) is 11.3 Å². The van der Waals surface area contributed by atoms with Crippen LogP contribution in [0.1, 0.15) is 18.4 Å². The monoisotopic (exact) mass is 336 g/mol. The molecule has 0 radical (unpaired) electrons. The molecule has 1 aliphatic rings. The third-order valence-corrected chi connectivity index (χ3v) is 3.86. The minimum absolute atomic E-state index is 0.301. The number of hydrogen-bond donors (Lipinski definition) is 4. The molecule has 0 bridgehead atoms. The largest absolute Gasteiger partial charge is 0.389 e. The fourth-order valence-corrected chi connectivity index (χ4v) is 2.32. The summed E-state index contributed by atoms with van der Waals surface area (Å²) in [5.74, 6) is 0.427. The molecular formula is C18H20N6O. The molecule has 0 aliphatic heterocycles. The van der Waals surface area contributed by atoms with Gasteiger partial charge in [0.05, 0.1) is 11.9 Å². The van der Waals surface area contributed by atoms with E-state index < -0.39 is 0 Å². The number of rotatable bonds is 8. The maximum atomic E-state index is 12.1. The van der Waals surface area contributed by atoms with E-state index in [9.17, 15) is 4.79 Å². The minimum atomic E-state index is -0.301. The highest BCUT2D eigenvalue weighted by atomic mass is 16.1. The SMILES string of the molecule is N=C/C(=C\NCC1CC1)NC(=O)/C=C/c1cnccc1-c1cn[nH]c1. The summed E-state index contributed by atoms with van der Waals surface area (Å²) in [5.41, 5.74) is 3.09. The van der Waals surface area contributed by atoms with Crippen molar-refractivity contribution in [3.8, 4) is 11.1 Å². The average molecular weight is 336 g/mol. The van der Waals surface area contributed by atoms with E-state index in [0.717, 1.165) is 35.4 Å². The molecule has 0 unspecified atom stereocenters. The van der Waals surface area contributed by atoms with E-state index in [2.05, 4.69) is 25.8 Å². The summed E-state index contributed by atoms with van der Waals surface area (Å²) in [6.07, 6.45) is 15.3. The summed E-state index contributed by atoms with van der Waals surface area (Å²) in [4.78, 5) is 16.2. The van der Waals surface area contributed by atoms with Crippen LogP contribution in [0.25, 0.3) is 17.2 Å². The standard InChI is InChI=1S/C18H20N6O/c19-7-16(12-21-8-13-1-2-13)24-18(25)4-3-14-9-20-6-5-17(14)15-10-22-23-11-15/h3-7,9-13,19,21H,1-2,8H2,(H,22,23)(H,24,25)/b4-3+,16-12+,19-7?. The first-order valence-electron chi connectivity index (χ1n) is 8.12. The Kier molecular flexibility index (Phi) is 5.36. The lowest BCUT2D eigenvalue weighted by molar-refractivity contribution is -0.115. The fourth-order valence-electron chi connectivity index (χ4n) is 2.32. The third kappa shape index (κ3) is 4.87. The zero-order chi connectivity index (χ0) is 17.5. The molecule has 3 rings (SSSR count). The lowest BCUT2D eigenvalue weighted by Gasteiger charge is -2.05. The molecule has 0 atom stereocenters. The number of carbonyl (C=O) groups is 1. The van der Waals surface area contributed by atoms with E-state index in [1.165, 1.54) is 18.9 Å². The zero-order valence-corrected chi connectivity index (χ0v) is 13.7. The Morgan fingerprint density at radius 2 is 2.28 bits per heavy atom. The molecular weight excluding hydrogens is 316 g/mol. The van der Waals surface area contributed by atoms with Crippen LogP contribution in [0.4, 0.5) is 0 Å². The minimum Gasteiger partial charge on any atom is -0.389 e. The normalized spacial score (nSPS) is 14.5. The molecule has 2 heterocycles. The van der Waals surface area contributed by atoms with Crippen LogP contribution in [-0.4, -0.2) is 33.8 Å². The predicted molar refractivity (Wildman–Crippen MR) is 96.6 cm³/mol. The molecule has 0 saturated heterocycles. The topological polar surface area (TPSA) is 107 Å². The second-order valence-electron chi connectivity index (χ2n) is 5.87. The van der Waals surface area contributed by atoms with Crippen molar-refractivity contribution < 1.29 is 4.79 Å². The number of nitrogens with zero attached hydrogens (tertiary/aromatic N) is 2. The predicted octanol–water partition coefficient (Wildman–Crippen LogP) is 2.09. The lowest BCUT2D eigenvalue weighted by atomic mass is 10.1. The zero-order valence-electron chi connectivity index (χ0n) is 13.7. The number of carbonyl (C=O) groups excluding carboxylic acids is 1. The molecule has 1 saturated carbocycles. The quantitative estimate of drug-likeness (QED) is 0.437. The summed E-state index contributed by atoms with van der Waals surface area (Å²) in [5, 5.41) is 19.9. The number of hydrogen-bond acceptors (Lipinski definition) is 5. The Morgan fingerprint density at radius 3 is 3.00 bits per heavy atom. The summed E-state index contributed by atoms with van der Waals surface area (Å²) in [6, 6.07) is 1.87. The highest BCUT2D eigenvalue weighted by molar-refractivity contribution is 5.97. The van der Waals surface area contributed by atoms with Crippen molar-refractivity contribution in [3.63, 3.8) is 0 Å². The first-order valence-corrected chi connectivity index (χ1v) is 8.12. The molecule has 2 aromatic heterocycles. The maximum absolute atomic E-state index is 12.1. The summed E-state index contributed by atoms with van der Waals surface area (Å²) in [7, 11) is 0.